The van der Waals surface area contributed by atoms with E-state index in [2.05, 4.69) is 5.32 Å². The van der Waals surface area contributed by atoms with Crippen LogP contribution in [0.5, 0.6) is 0 Å². The van der Waals surface area contributed by atoms with E-state index in [0.29, 0.717) is 37.2 Å². The van der Waals surface area contributed by atoms with Gasteiger partial charge in [0.25, 0.3) is 5.91 Å². The number of nitrogens with one attached hydrogen (secondary N) is 1. The summed E-state index contributed by atoms with van der Waals surface area (Å²) in [6, 6.07) is 8.47. The third-order valence-electron chi connectivity index (χ3n) is 4.40. The second kappa shape index (κ2) is 9.41. The molecule has 0 saturated carbocycles. The molecule has 156 valence electrons. The van der Waals surface area contributed by atoms with E-state index < -0.39 is 29.7 Å². The molecule has 1 aromatic carbocycles. The first-order valence-corrected chi connectivity index (χ1v) is 9.58. The van der Waals surface area contributed by atoms with E-state index in [9.17, 15) is 14.4 Å². The number of piperidine rings is 1. The molecule has 0 radical (unpaired) electrons. The third kappa shape index (κ3) is 6.79. The van der Waals surface area contributed by atoms with E-state index in [4.69, 9.17) is 14.7 Å². The molecule has 0 unspecified atom stereocenters. The Morgan fingerprint density at radius 2 is 1.90 bits per heavy atom. The molecule has 1 aliphatic heterocycles. The monoisotopic (exact) mass is 401 g/mol. The van der Waals surface area contributed by atoms with Crippen molar-refractivity contribution in [1.82, 2.24) is 4.90 Å². The number of nitrogens with zero attached hydrogens (tertiary/aromatic N) is 2. The van der Waals surface area contributed by atoms with E-state index in [0.717, 1.165) is 0 Å². The lowest BCUT2D eigenvalue weighted by atomic mass is 9.97. The minimum Gasteiger partial charge on any atom is -0.452 e. The zero-order chi connectivity index (χ0) is 21.6. The van der Waals surface area contributed by atoms with Gasteiger partial charge in [0.15, 0.2) is 6.10 Å². The second-order valence-electron chi connectivity index (χ2n) is 8.00. The minimum absolute atomic E-state index is 0.370. The molecule has 1 N–H and O–H groups in total. The van der Waals surface area contributed by atoms with Gasteiger partial charge in [0.05, 0.1) is 17.6 Å². The van der Waals surface area contributed by atoms with Crippen molar-refractivity contribution < 1.29 is 23.9 Å². The van der Waals surface area contributed by atoms with Crippen molar-refractivity contribution in [2.24, 2.45) is 5.92 Å². The van der Waals surface area contributed by atoms with Crippen LogP contribution in [0.3, 0.4) is 0 Å². The molecule has 8 heteroatoms. The number of esters is 1. The fraction of sp³-hybridized carbons (Fsp3) is 0.524. The highest BCUT2D eigenvalue weighted by atomic mass is 16.6. The lowest BCUT2D eigenvalue weighted by Gasteiger charge is -2.32. The minimum atomic E-state index is -0.975. The number of rotatable bonds is 4. The number of hydrogen-bond donors (Lipinski definition) is 1. The average molecular weight is 401 g/mol. The van der Waals surface area contributed by atoms with Gasteiger partial charge >= 0.3 is 12.1 Å². The van der Waals surface area contributed by atoms with E-state index in [-0.39, 0.29) is 5.92 Å². The van der Waals surface area contributed by atoms with Gasteiger partial charge in [0.2, 0.25) is 0 Å². The topological polar surface area (TPSA) is 109 Å². The van der Waals surface area contributed by atoms with E-state index >= 15 is 0 Å². The summed E-state index contributed by atoms with van der Waals surface area (Å²) in [5.41, 5.74) is 0.314. The summed E-state index contributed by atoms with van der Waals surface area (Å²) in [4.78, 5) is 38.3. The molecule has 2 rings (SSSR count). The van der Waals surface area contributed by atoms with Gasteiger partial charge in [-0.25, -0.2) is 4.79 Å². The smallest absolute Gasteiger partial charge is 0.410 e. The van der Waals surface area contributed by atoms with Crippen LogP contribution < -0.4 is 5.32 Å². The Hall–Kier alpha value is -3.08. The highest BCUT2D eigenvalue weighted by Crippen LogP contribution is 2.21. The Morgan fingerprint density at radius 1 is 1.24 bits per heavy atom. The predicted octanol–water partition coefficient (Wildman–Crippen LogP) is 3.08. The number of anilines is 1. The molecule has 0 aromatic heterocycles. The molecule has 2 amide bonds. The van der Waals surface area contributed by atoms with Gasteiger partial charge in [0.1, 0.15) is 5.60 Å². The van der Waals surface area contributed by atoms with Crippen LogP contribution >= 0.6 is 0 Å². The summed E-state index contributed by atoms with van der Waals surface area (Å²) >= 11 is 0. The van der Waals surface area contributed by atoms with Crippen LogP contribution in [0.1, 0.15) is 46.1 Å². The number of carbonyl (C=O) groups excluding carboxylic acids is 3. The standard InChI is InChI=1S/C21H27N3O5/c1-14(18(25)23-17-7-5-6-15(12-17)13-22)28-19(26)16-8-10-24(11-9-16)20(27)29-21(2,3)4/h5-7,12,14,16H,8-11H2,1-4H3,(H,23,25)/t14-/m0/s1. The van der Waals surface area contributed by atoms with Crippen LogP contribution in [-0.4, -0.2) is 47.7 Å². The SMILES string of the molecule is C[C@H](OC(=O)C1CCN(C(=O)OC(C)(C)C)CC1)C(=O)Nc1cccc(C#N)c1. The quantitative estimate of drug-likeness (QED) is 0.777. The first kappa shape index (κ1) is 22.2. The number of ether oxygens (including phenoxy) is 2. The molecular formula is C21H27N3O5. The number of likely N-dealkylation sites (tertiary alicyclic amines) is 1. The van der Waals surface area contributed by atoms with Crippen LogP contribution in [0.25, 0.3) is 0 Å². The summed E-state index contributed by atoms with van der Waals surface area (Å²) < 4.78 is 10.6. The fourth-order valence-corrected chi connectivity index (χ4v) is 2.86. The average Bonchev–Trinajstić information content (AvgIpc) is 2.66. The van der Waals surface area contributed by atoms with Crippen LogP contribution in [0.2, 0.25) is 0 Å². The number of benzene rings is 1. The summed E-state index contributed by atoms with van der Waals surface area (Å²) in [5.74, 6) is -1.30. The normalized spacial score (nSPS) is 15.8. The van der Waals surface area contributed by atoms with Gasteiger partial charge in [-0.3, -0.25) is 9.59 Å². The van der Waals surface area contributed by atoms with Gasteiger partial charge in [0, 0.05) is 18.8 Å². The van der Waals surface area contributed by atoms with Crippen molar-refractivity contribution in [2.45, 2.75) is 52.2 Å². The molecule has 29 heavy (non-hydrogen) atoms. The van der Waals surface area contributed by atoms with Crippen molar-refractivity contribution in [3.8, 4) is 6.07 Å². The Bertz CT molecular complexity index is 801. The van der Waals surface area contributed by atoms with Crippen LogP contribution in [0.4, 0.5) is 10.5 Å². The molecule has 1 aromatic rings. The van der Waals surface area contributed by atoms with Crippen molar-refractivity contribution >= 4 is 23.7 Å². The molecule has 0 aliphatic carbocycles. The number of amides is 2. The molecule has 1 heterocycles. The maximum absolute atomic E-state index is 12.4. The first-order valence-electron chi connectivity index (χ1n) is 9.58. The van der Waals surface area contributed by atoms with Crippen molar-refractivity contribution in [3.63, 3.8) is 0 Å². The van der Waals surface area contributed by atoms with Crippen molar-refractivity contribution in [2.75, 3.05) is 18.4 Å². The first-order chi connectivity index (χ1) is 13.6. The zero-order valence-corrected chi connectivity index (χ0v) is 17.2. The van der Waals surface area contributed by atoms with Gasteiger partial charge in [-0.15, -0.1) is 0 Å². The Labute approximate surface area is 170 Å². The maximum Gasteiger partial charge on any atom is 0.410 e. The molecule has 8 nitrogen and oxygen atoms in total. The Morgan fingerprint density at radius 3 is 2.48 bits per heavy atom. The molecular weight excluding hydrogens is 374 g/mol. The van der Waals surface area contributed by atoms with E-state index in [1.807, 2.05) is 6.07 Å². The molecule has 0 spiro atoms. The predicted molar refractivity (Wildman–Crippen MR) is 106 cm³/mol. The summed E-state index contributed by atoms with van der Waals surface area (Å²) in [5, 5.41) is 11.5. The summed E-state index contributed by atoms with van der Waals surface area (Å²) in [6.45, 7) is 7.71. The number of nitriles is 1. The maximum atomic E-state index is 12.4. The van der Waals surface area contributed by atoms with Gasteiger partial charge in [-0.2, -0.15) is 5.26 Å². The summed E-state index contributed by atoms with van der Waals surface area (Å²) in [6.07, 6.45) is -0.457. The molecule has 0 bridgehead atoms. The van der Waals surface area contributed by atoms with Crippen LogP contribution in [0, 0.1) is 17.2 Å². The van der Waals surface area contributed by atoms with Gasteiger partial charge < -0.3 is 19.7 Å². The molecule has 1 atom stereocenters. The largest absolute Gasteiger partial charge is 0.452 e. The third-order valence-corrected chi connectivity index (χ3v) is 4.40. The zero-order valence-electron chi connectivity index (χ0n) is 17.2. The van der Waals surface area contributed by atoms with E-state index in [1.54, 1.807) is 49.9 Å². The Balaban J connectivity index is 1.82. The van der Waals surface area contributed by atoms with Gasteiger partial charge in [-0.1, -0.05) is 6.07 Å². The van der Waals surface area contributed by atoms with E-state index in [1.165, 1.54) is 6.92 Å². The van der Waals surface area contributed by atoms with Crippen molar-refractivity contribution in [1.29, 1.82) is 5.26 Å². The lowest BCUT2D eigenvalue weighted by Crippen LogP contribution is -2.43. The van der Waals surface area contributed by atoms with Gasteiger partial charge in [-0.05, 0) is 58.7 Å². The van der Waals surface area contributed by atoms with Crippen LogP contribution in [0.15, 0.2) is 24.3 Å². The lowest BCUT2D eigenvalue weighted by molar-refractivity contribution is -0.158. The van der Waals surface area contributed by atoms with Crippen LogP contribution in [-0.2, 0) is 19.1 Å². The highest BCUT2D eigenvalue weighted by molar-refractivity contribution is 5.95. The highest BCUT2D eigenvalue weighted by Gasteiger charge is 2.32. The summed E-state index contributed by atoms with van der Waals surface area (Å²) in [7, 11) is 0. The number of carbonyl (C=O) groups is 3. The molecule has 1 aliphatic rings. The van der Waals surface area contributed by atoms with Crippen molar-refractivity contribution in [3.05, 3.63) is 29.8 Å². The molecule has 1 saturated heterocycles. The second-order valence-corrected chi connectivity index (χ2v) is 8.00. The Kier molecular flexibility index (Phi) is 7.21. The molecule has 1 fully saturated rings. The number of hydrogen-bond acceptors (Lipinski definition) is 6. The fourth-order valence-electron chi connectivity index (χ4n) is 2.86.